The van der Waals surface area contributed by atoms with Gasteiger partial charge in [0.25, 0.3) is 0 Å². The molecule has 2 aliphatic heterocycles. The van der Waals surface area contributed by atoms with Crippen molar-refractivity contribution >= 4 is 12.0 Å². The highest BCUT2D eigenvalue weighted by Gasteiger charge is 2.51. The molecule has 2 fully saturated rings. The summed E-state index contributed by atoms with van der Waals surface area (Å²) in [6.07, 6.45) is 7.45. The van der Waals surface area contributed by atoms with E-state index >= 15 is 0 Å². The second-order valence-electron chi connectivity index (χ2n) is 9.32. The highest BCUT2D eigenvalue weighted by Crippen LogP contribution is 2.46. The molecule has 1 aliphatic carbocycles. The second-order valence-corrected chi connectivity index (χ2v) is 9.32. The topological polar surface area (TPSA) is 32.3 Å². The summed E-state index contributed by atoms with van der Waals surface area (Å²) < 4.78 is 0. The number of nitrogens with one attached hydrogen (secondary N) is 1. The molecule has 1 amide bonds. The van der Waals surface area contributed by atoms with Crippen molar-refractivity contribution in [3.8, 4) is 0 Å². The number of amides is 1. The number of hydrogen-bond acceptors (Lipinski definition) is 2. The van der Waals surface area contributed by atoms with Crippen LogP contribution in [0, 0.1) is 5.92 Å². The van der Waals surface area contributed by atoms with E-state index in [-0.39, 0.29) is 11.3 Å². The fourth-order valence-corrected chi connectivity index (χ4v) is 6.17. The summed E-state index contributed by atoms with van der Waals surface area (Å²) >= 11 is 0. The number of likely N-dealkylation sites (tertiary alicyclic amines) is 1. The smallest absolute Gasteiger partial charge is 0.227 e. The van der Waals surface area contributed by atoms with E-state index in [1.807, 2.05) is 6.08 Å². The first kappa shape index (κ1) is 19.6. The molecule has 2 aromatic rings. The quantitative estimate of drug-likeness (QED) is 0.821. The molecule has 3 nitrogen and oxygen atoms in total. The van der Waals surface area contributed by atoms with Crippen LogP contribution in [-0.2, 0) is 16.6 Å². The second kappa shape index (κ2) is 8.03. The largest absolute Gasteiger partial charge is 0.342 e. The molecule has 30 heavy (non-hydrogen) atoms. The molecule has 0 radical (unpaired) electrons. The number of benzene rings is 2. The highest BCUT2D eigenvalue weighted by atomic mass is 16.2. The minimum absolute atomic E-state index is 0.0410. The zero-order chi connectivity index (χ0) is 20.6. The van der Waals surface area contributed by atoms with Crippen LogP contribution in [0.15, 0.2) is 55.1 Å². The fourth-order valence-electron chi connectivity index (χ4n) is 6.17. The molecule has 2 aromatic carbocycles. The third-order valence-electron chi connectivity index (χ3n) is 7.80. The van der Waals surface area contributed by atoms with Gasteiger partial charge in [0.15, 0.2) is 0 Å². The SMILES string of the molecule is C=Cc1ccc2c(c1)CCC[C@]21CNC[C@H]1C(=O)N1CCC(c2ccccc2)CC1. The Morgan fingerprint density at radius 1 is 1.13 bits per heavy atom. The standard InChI is InChI=1S/C27H32N2O/c1-2-20-10-11-24-23(17-20)9-6-14-27(24)19-28-18-25(27)26(30)29-15-12-22(13-16-29)21-7-4-3-5-8-21/h2-5,7-8,10-11,17,22,25,28H,1,6,9,12-16,18-19H2/t25-,27-/m0/s1. The van der Waals surface area contributed by atoms with Crippen LogP contribution in [-0.4, -0.2) is 37.0 Å². The normalized spacial score (nSPS) is 26.5. The number of piperidine rings is 1. The summed E-state index contributed by atoms with van der Waals surface area (Å²) in [7, 11) is 0. The average Bonchev–Trinajstić information content (AvgIpc) is 3.23. The lowest BCUT2D eigenvalue weighted by molar-refractivity contribution is -0.138. The lowest BCUT2D eigenvalue weighted by atomic mass is 9.64. The Labute approximate surface area is 180 Å². The molecule has 0 bridgehead atoms. The third-order valence-corrected chi connectivity index (χ3v) is 7.80. The summed E-state index contributed by atoms with van der Waals surface area (Å²) in [5, 5.41) is 3.59. The molecule has 0 aromatic heterocycles. The molecule has 2 atom stereocenters. The Balaban J connectivity index is 1.35. The average molecular weight is 401 g/mol. The van der Waals surface area contributed by atoms with Crippen molar-refractivity contribution in [1.29, 1.82) is 0 Å². The van der Waals surface area contributed by atoms with Gasteiger partial charge in [0.2, 0.25) is 5.91 Å². The number of nitrogens with zero attached hydrogens (tertiary/aromatic N) is 1. The highest BCUT2D eigenvalue weighted by molar-refractivity contribution is 5.82. The van der Waals surface area contributed by atoms with Crippen molar-refractivity contribution in [2.24, 2.45) is 5.92 Å². The van der Waals surface area contributed by atoms with Crippen LogP contribution < -0.4 is 5.32 Å². The van der Waals surface area contributed by atoms with Gasteiger partial charge in [-0.1, -0.05) is 61.2 Å². The molecule has 1 N–H and O–H groups in total. The van der Waals surface area contributed by atoms with Crippen LogP contribution >= 0.6 is 0 Å². The van der Waals surface area contributed by atoms with Gasteiger partial charge in [0, 0.05) is 31.6 Å². The van der Waals surface area contributed by atoms with Crippen LogP contribution in [0.5, 0.6) is 0 Å². The van der Waals surface area contributed by atoms with Crippen molar-refractivity contribution in [1.82, 2.24) is 10.2 Å². The molecule has 0 unspecified atom stereocenters. The Kier molecular flexibility index (Phi) is 5.24. The molecule has 5 rings (SSSR count). The first-order valence-electron chi connectivity index (χ1n) is 11.5. The van der Waals surface area contributed by atoms with Gasteiger partial charge in [-0.05, 0) is 60.3 Å². The predicted octanol–water partition coefficient (Wildman–Crippen LogP) is 4.53. The van der Waals surface area contributed by atoms with Gasteiger partial charge in [0.05, 0.1) is 5.92 Å². The first-order valence-corrected chi connectivity index (χ1v) is 11.5. The molecular formula is C27H32N2O. The van der Waals surface area contributed by atoms with E-state index in [0.717, 1.165) is 58.3 Å². The van der Waals surface area contributed by atoms with Crippen molar-refractivity contribution in [3.63, 3.8) is 0 Å². The lowest BCUT2D eigenvalue weighted by Gasteiger charge is -2.42. The van der Waals surface area contributed by atoms with Crippen molar-refractivity contribution < 1.29 is 4.79 Å². The Hall–Kier alpha value is -2.39. The van der Waals surface area contributed by atoms with Crippen molar-refractivity contribution in [2.45, 2.75) is 43.4 Å². The number of rotatable bonds is 3. The van der Waals surface area contributed by atoms with E-state index in [4.69, 9.17) is 0 Å². The number of carbonyl (C=O) groups is 1. The van der Waals surface area contributed by atoms with E-state index in [2.05, 4.69) is 65.3 Å². The summed E-state index contributed by atoms with van der Waals surface area (Å²) in [6.45, 7) is 7.42. The van der Waals surface area contributed by atoms with Gasteiger partial charge in [-0.15, -0.1) is 0 Å². The Bertz CT molecular complexity index is 929. The van der Waals surface area contributed by atoms with Crippen LogP contribution in [0.4, 0.5) is 0 Å². The van der Waals surface area contributed by atoms with E-state index in [1.165, 1.54) is 22.3 Å². The molecule has 2 heterocycles. The monoisotopic (exact) mass is 400 g/mol. The van der Waals surface area contributed by atoms with Crippen molar-refractivity contribution in [3.05, 3.63) is 77.4 Å². The molecule has 1 spiro atoms. The molecule has 156 valence electrons. The van der Waals surface area contributed by atoms with Gasteiger partial charge in [-0.3, -0.25) is 4.79 Å². The van der Waals surface area contributed by atoms with Crippen LogP contribution in [0.25, 0.3) is 6.08 Å². The maximum atomic E-state index is 13.7. The number of hydrogen-bond donors (Lipinski definition) is 1. The maximum absolute atomic E-state index is 13.7. The van der Waals surface area contributed by atoms with Gasteiger partial charge in [-0.25, -0.2) is 0 Å². The van der Waals surface area contributed by atoms with E-state index < -0.39 is 0 Å². The molecule has 2 saturated heterocycles. The molecule has 3 aliphatic rings. The number of carbonyl (C=O) groups excluding carboxylic acids is 1. The zero-order valence-electron chi connectivity index (χ0n) is 17.8. The maximum Gasteiger partial charge on any atom is 0.227 e. The number of fused-ring (bicyclic) bond motifs is 2. The minimum atomic E-state index is -0.0410. The third kappa shape index (κ3) is 3.30. The van der Waals surface area contributed by atoms with E-state index in [0.29, 0.717) is 11.8 Å². The Morgan fingerprint density at radius 2 is 1.93 bits per heavy atom. The zero-order valence-corrected chi connectivity index (χ0v) is 17.8. The summed E-state index contributed by atoms with van der Waals surface area (Å²) in [5.74, 6) is 1.00. The Morgan fingerprint density at radius 3 is 2.70 bits per heavy atom. The lowest BCUT2D eigenvalue weighted by Crippen LogP contribution is -2.49. The van der Waals surface area contributed by atoms with Gasteiger partial charge in [-0.2, -0.15) is 0 Å². The minimum Gasteiger partial charge on any atom is -0.342 e. The number of aryl methyl sites for hydroxylation is 1. The van der Waals surface area contributed by atoms with Crippen LogP contribution in [0.3, 0.4) is 0 Å². The van der Waals surface area contributed by atoms with Crippen LogP contribution in [0.2, 0.25) is 0 Å². The van der Waals surface area contributed by atoms with Gasteiger partial charge < -0.3 is 10.2 Å². The first-order chi connectivity index (χ1) is 14.7. The molecule has 0 saturated carbocycles. The van der Waals surface area contributed by atoms with E-state index in [9.17, 15) is 4.79 Å². The fraction of sp³-hybridized carbons (Fsp3) is 0.444. The predicted molar refractivity (Wildman–Crippen MR) is 123 cm³/mol. The van der Waals surface area contributed by atoms with Gasteiger partial charge in [0.1, 0.15) is 0 Å². The summed E-state index contributed by atoms with van der Waals surface area (Å²) in [4.78, 5) is 15.9. The van der Waals surface area contributed by atoms with Crippen molar-refractivity contribution in [2.75, 3.05) is 26.2 Å². The van der Waals surface area contributed by atoms with Crippen LogP contribution in [0.1, 0.15) is 53.9 Å². The van der Waals surface area contributed by atoms with Gasteiger partial charge >= 0.3 is 0 Å². The summed E-state index contributed by atoms with van der Waals surface area (Å²) in [5.41, 5.74) is 5.39. The molecule has 3 heteroatoms. The molecular weight excluding hydrogens is 368 g/mol. The van der Waals surface area contributed by atoms with E-state index in [1.54, 1.807) is 0 Å². The summed E-state index contributed by atoms with van der Waals surface area (Å²) in [6, 6.07) is 17.5.